The van der Waals surface area contributed by atoms with Crippen molar-refractivity contribution < 1.29 is 5.11 Å². The standard InChI is InChI=1S/C17H29NOS/c1-12-7-16(5,6)11-17(19,8-12)9-14-18-13(10-20-14)15(2,3)4/h10,12,19H,7-9,11H2,1-6H3. The Morgan fingerprint density at radius 3 is 2.50 bits per heavy atom. The molecule has 1 aromatic heterocycles. The molecule has 1 fully saturated rings. The summed E-state index contributed by atoms with van der Waals surface area (Å²) >= 11 is 1.70. The van der Waals surface area contributed by atoms with E-state index in [1.54, 1.807) is 11.3 Å². The van der Waals surface area contributed by atoms with Crippen LogP contribution in [0.25, 0.3) is 0 Å². The molecule has 0 saturated heterocycles. The lowest BCUT2D eigenvalue weighted by Gasteiger charge is -2.44. The van der Waals surface area contributed by atoms with Crippen LogP contribution in [0.5, 0.6) is 0 Å². The summed E-state index contributed by atoms with van der Waals surface area (Å²) < 4.78 is 0. The minimum Gasteiger partial charge on any atom is -0.389 e. The maximum Gasteiger partial charge on any atom is 0.0957 e. The van der Waals surface area contributed by atoms with E-state index in [0.29, 0.717) is 12.3 Å². The van der Waals surface area contributed by atoms with E-state index >= 15 is 0 Å². The van der Waals surface area contributed by atoms with E-state index in [-0.39, 0.29) is 10.8 Å². The van der Waals surface area contributed by atoms with Crippen LogP contribution >= 0.6 is 11.3 Å². The highest BCUT2D eigenvalue weighted by molar-refractivity contribution is 7.09. The van der Waals surface area contributed by atoms with Gasteiger partial charge < -0.3 is 5.11 Å². The summed E-state index contributed by atoms with van der Waals surface area (Å²) in [5.41, 5.74) is 0.894. The number of hydrogen-bond donors (Lipinski definition) is 1. The molecule has 0 radical (unpaired) electrons. The Bertz CT molecular complexity index is 472. The van der Waals surface area contributed by atoms with E-state index in [2.05, 4.69) is 46.9 Å². The van der Waals surface area contributed by atoms with Crippen molar-refractivity contribution in [1.82, 2.24) is 4.98 Å². The first-order valence-corrected chi connectivity index (χ1v) is 8.54. The van der Waals surface area contributed by atoms with Crippen molar-refractivity contribution in [3.63, 3.8) is 0 Å². The molecule has 114 valence electrons. The second-order valence-electron chi connectivity index (χ2n) is 8.63. The molecule has 0 aromatic carbocycles. The summed E-state index contributed by atoms with van der Waals surface area (Å²) in [6, 6.07) is 0. The van der Waals surface area contributed by atoms with Gasteiger partial charge in [-0.05, 0) is 30.6 Å². The summed E-state index contributed by atoms with van der Waals surface area (Å²) in [4.78, 5) is 4.75. The highest BCUT2D eigenvalue weighted by Gasteiger charge is 2.42. The van der Waals surface area contributed by atoms with Crippen molar-refractivity contribution in [2.45, 2.75) is 78.2 Å². The number of aromatic nitrogens is 1. The second-order valence-corrected chi connectivity index (χ2v) is 9.57. The largest absolute Gasteiger partial charge is 0.389 e. The molecule has 1 heterocycles. The number of hydrogen-bond acceptors (Lipinski definition) is 3. The van der Waals surface area contributed by atoms with Gasteiger partial charge in [0.15, 0.2) is 0 Å². The zero-order valence-corrected chi connectivity index (χ0v) is 14.6. The minimum atomic E-state index is -0.575. The molecule has 0 bridgehead atoms. The molecule has 1 aromatic rings. The van der Waals surface area contributed by atoms with Gasteiger partial charge in [0.05, 0.1) is 16.3 Å². The fourth-order valence-electron chi connectivity index (χ4n) is 3.85. The van der Waals surface area contributed by atoms with Crippen molar-refractivity contribution in [1.29, 1.82) is 0 Å². The molecular formula is C17H29NOS. The van der Waals surface area contributed by atoms with E-state index in [4.69, 9.17) is 4.98 Å². The molecule has 0 aliphatic heterocycles. The smallest absolute Gasteiger partial charge is 0.0957 e. The van der Waals surface area contributed by atoms with Gasteiger partial charge >= 0.3 is 0 Å². The lowest BCUT2D eigenvalue weighted by Crippen LogP contribution is -2.43. The Labute approximate surface area is 127 Å². The average Bonchev–Trinajstić information content (AvgIpc) is 2.59. The van der Waals surface area contributed by atoms with Crippen molar-refractivity contribution in [2.24, 2.45) is 11.3 Å². The Balaban J connectivity index is 2.14. The number of nitrogens with zero attached hydrogens (tertiary/aromatic N) is 1. The zero-order valence-electron chi connectivity index (χ0n) is 13.8. The lowest BCUT2D eigenvalue weighted by molar-refractivity contribution is -0.0575. The number of aliphatic hydroxyl groups is 1. The quantitative estimate of drug-likeness (QED) is 0.867. The van der Waals surface area contributed by atoms with Crippen LogP contribution in [0.1, 0.15) is 71.5 Å². The summed E-state index contributed by atoms with van der Waals surface area (Å²) in [6.45, 7) is 13.4. The molecular weight excluding hydrogens is 266 g/mol. The van der Waals surface area contributed by atoms with Gasteiger partial charge in [-0.2, -0.15) is 0 Å². The first kappa shape index (κ1) is 16.0. The maximum atomic E-state index is 11.0. The minimum absolute atomic E-state index is 0.0937. The predicted molar refractivity (Wildman–Crippen MR) is 86.3 cm³/mol. The van der Waals surface area contributed by atoms with Gasteiger partial charge in [0.25, 0.3) is 0 Å². The van der Waals surface area contributed by atoms with Crippen LogP contribution in [0.3, 0.4) is 0 Å². The summed E-state index contributed by atoms with van der Waals surface area (Å²) in [5.74, 6) is 0.589. The van der Waals surface area contributed by atoms with E-state index in [1.165, 1.54) is 6.42 Å². The zero-order chi connectivity index (χ0) is 15.2. The molecule has 2 atom stereocenters. The van der Waals surface area contributed by atoms with Crippen molar-refractivity contribution in [2.75, 3.05) is 0 Å². The van der Waals surface area contributed by atoms with Gasteiger partial charge in [0.2, 0.25) is 0 Å². The lowest BCUT2D eigenvalue weighted by atomic mass is 9.65. The number of thiazole rings is 1. The SMILES string of the molecule is CC1CC(C)(C)CC(O)(Cc2nc(C(C)(C)C)cs2)C1. The van der Waals surface area contributed by atoms with Gasteiger partial charge in [0, 0.05) is 17.2 Å². The predicted octanol–water partition coefficient (Wildman–Crippen LogP) is 4.56. The van der Waals surface area contributed by atoms with E-state index in [9.17, 15) is 5.11 Å². The molecule has 3 heteroatoms. The van der Waals surface area contributed by atoms with Gasteiger partial charge in [-0.1, -0.05) is 41.5 Å². The van der Waals surface area contributed by atoms with Crippen LogP contribution < -0.4 is 0 Å². The van der Waals surface area contributed by atoms with Crippen molar-refractivity contribution in [3.05, 3.63) is 16.1 Å². The van der Waals surface area contributed by atoms with E-state index < -0.39 is 5.60 Å². The Kier molecular flexibility index (Phi) is 4.07. The molecule has 1 aliphatic carbocycles. The third-order valence-electron chi connectivity index (χ3n) is 4.24. The summed E-state index contributed by atoms with van der Waals surface area (Å²) in [5, 5.41) is 14.2. The maximum absolute atomic E-state index is 11.0. The summed E-state index contributed by atoms with van der Waals surface area (Å²) in [6.07, 6.45) is 3.71. The molecule has 2 unspecified atom stereocenters. The van der Waals surface area contributed by atoms with Crippen LogP contribution in [0.2, 0.25) is 0 Å². The fourth-order valence-corrected chi connectivity index (χ4v) is 5.01. The van der Waals surface area contributed by atoms with Crippen LogP contribution in [0.15, 0.2) is 5.38 Å². The molecule has 20 heavy (non-hydrogen) atoms. The average molecular weight is 295 g/mol. The second kappa shape index (κ2) is 5.10. The Hall–Kier alpha value is -0.410. The third-order valence-corrected chi connectivity index (χ3v) is 5.09. The van der Waals surface area contributed by atoms with E-state index in [1.807, 2.05) is 0 Å². The van der Waals surface area contributed by atoms with Crippen LogP contribution in [0.4, 0.5) is 0 Å². The number of rotatable bonds is 2. The molecule has 0 amide bonds. The highest BCUT2D eigenvalue weighted by Crippen LogP contribution is 2.45. The molecule has 2 rings (SSSR count). The molecule has 1 saturated carbocycles. The van der Waals surface area contributed by atoms with Crippen molar-refractivity contribution in [3.8, 4) is 0 Å². The first-order chi connectivity index (χ1) is 8.99. The Morgan fingerprint density at radius 2 is 2.00 bits per heavy atom. The fraction of sp³-hybridized carbons (Fsp3) is 0.824. The van der Waals surface area contributed by atoms with Crippen LogP contribution in [0, 0.1) is 11.3 Å². The monoisotopic (exact) mass is 295 g/mol. The Morgan fingerprint density at radius 1 is 1.35 bits per heavy atom. The van der Waals surface area contributed by atoms with E-state index in [0.717, 1.165) is 23.5 Å². The van der Waals surface area contributed by atoms with Crippen molar-refractivity contribution >= 4 is 11.3 Å². The topological polar surface area (TPSA) is 33.1 Å². The van der Waals surface area contributed by atoms with Crippen LogP contribution in [-0.2, 0) is 11.8 Å². The van der Waals surface area contributed by atoms with Crippen LogP contribution in [-0.4, -0.2) is 15.7 Å². The third kappa shape index (κ3) is 3.82. The van der Waals surface area contributed by atoms with Gasteiger partial charge in [0.1, 0.15) is 0 Å². The molecule has 1 N–H and O–H groups in total. The molecule has 2 nitrogen and oxygen atoms in total. The van der Waals surface area contributed by atoms with Gasteiger partial charge in [-0.15, -0.1) is 11.3 Å². The molecule has 0 spiro atoms. The highest BCUT2D eigenvalue weighted by atomic mass is 32.1. The normalized spacial score (nSPS) is 30.4. The van der Waals surface area contributed by atoms with Gasteiger partial charge in [-0.3, -0.25) is 0 Å². The summed E-state index contributed by atoms with van der Waals surface area (Å²) in [7, 11) is 0. The van der Waals surface area contributed by atoms with Gasteiger partial charge in [-0.25, -0.2) is 4.98 Å². The first-order valence-electron chi connectivity index (χ1n) is 7.66. The molecule has 1 aliphatic rings.